The lowest BCUT2D eigenvalue weighted by molar-refractivity contribution is -0.125. The molecule has 0 aliphatic heterocycles. The fourth-order valence-electron chi connectivity index (χ4n) is 0.873. The number of rotatable bonds is 3. The maximum absolute atomic E-state index is 11.4. The van der Waals surface area contributed by atoms with E-state index in [2.05, 4.69) is 15.9 Å². The Balaban J connectivity index is 2.69. The second-order valence-corrected chi connectivity index (χ2v) is 3.87. The van der Waals surface area contributed by atoms with Crippen LogP contribution in [0, 0.1) is 0 Å². The molecule has 0 saturated carbocycles. The molecule has 0 radical (unpaired) electrons. The molecular weight excluding hydrogens is 262 g/mol. The van der Waals surface area contributed by atoms with Gasteiger partial charge < -0.3 is 10.5 Å². The fourth-order valence-corrected chi connectivity index (χ4v) is 1.14. The summed E-state index contributed by atoms with van der Waals surface area (Å²) in [6.07, 6.45) is -0.916. The van der Waals surface area contributed by atoms with Crippen molar-refractivity contribution in [1.82, 2.24) is 0 Å². The monoisotopic (exact) mass is 271 g/mol. The molecule has 1 amide bonds. The SMILES string of the molecule is C[C@@H](OC(=O)c1ccc(Br)cc1)C(N)=O. The average Bonchev–Trinajstić information content (AvgIpc) is 2.18. The van der Waals surface area contributed by atoms with E-state index in [1.54, 1.807) is 24.3 Å². The molecule has 15 heavy (non-hydrogen) atoms. The topological polar surface area (TPSA) is 69.4 Å². The molecule has 0 fully saturated rings. The van der Waals surface area contributed by atoms with Crippen molar-refractivity contribution in [3.8, 4) is 0 Å². The van der Waals surface area contributed by atoms with E-state index in [9.17, 15) is 9.59 Å². The molecule has 0 spiro atoms. The number of primary amides is 1. The van der Waals surface area contributed by atoms with E-state index in [-0.39, 0.29) is 0 Å². The predicted molar refractivity (Wildman–Crippen MR) is 58.2 cm³/mol. The largest absolute Gasteiger partial charge is 0.449 e. The maximum atomic E-state index is 11.4. The molecule has 4 nitrogen and oxygen atoms in total. The fraction of sp³-hybridized carbons (Fsp3) is 0.200. The predicted octanol–water partition coefficient (Wildman–Crippen LogP) is 1.48. The summed E-state index contributed by atoms with van der Waals surface area (Å²) in [7, 11) is 0. The Hall–Kier alpha value is -1.36. The third-order valence-corrected chi connectivity index (χ3v) is 2.29. The minimum absolute atomic E-state index is 0.381. The first-order valence-electron chi connectivity index (χ1n) is 4.26. The van der Waals surface area contributed by atoms with Crippen LogP contribution < -0.4 is 5.73 Å². The number of amides is 1. The van der Waals surface area contributed by atoms with Crippen LogP contribution in [0.5, 0.6) is 0 Å². The molecule has 0 bridgehead atoms. The Morgan fingerprint density at radius 1 is 1.33 bits per heavy atom. The van der Waals surface area contributed by atoms with Crippen LogP contribution in [-0.2, 0) is 9.53 Å². The van der Waals surface area contributed by atoms with E-state index in [1.807, 2.05) is 0 Å². The molecule has 2 N–H and O–H groups in total. The van der Waals surface area contributed by atoms with Crippen LogP contribution in [0.4, 0.5) is 0 Å². The second-order valence-electron chi connectivity index (χ2n) is 2.96. The highest BCUT2D eigenvalue weighted by Crippen LogP contribution is 2.11. The van der Waals surface area contributed by atoms with Crippen molar-refractivity contribution in [1.29, 1.82) is 0 Å². The number of benzene rings is 1. The van der Waals surface area contributed by atoms with Crippen molar-refractivity contribution in [2.24, 2.45) is 5.73 Å². The molecule has 80 valence electrons. The van der Waals surface area contributed by atoms with Gasteiger partial charge in [-0.2, -0.15) is 0 Å². The van der Waals surface area contributed by atoms with Crippen LogP contribution in [0.15, 0.2) is 28.7 Å². The van der Waals surface area contributed by atoms with Gasteiger partial charge in [-0.1, -0.05) is 15.9 Å². The Labute approximate surface area is 95.5 Å². The molecule has 5 heteroatoms. The summed E-state index contributed by atoms with van der Waals surface area (Å²) in [5.74, 6) is -1.23. The Morgan fingerprint density at radius 2 is 1.87 bits per heavy atom. The summed E-state index contributed by atoms with van der Waals surface area (Å²) in [5.41, 5.74) is 5.34. The van der Waals surface area contributed by atoms with Gasteiger partial charge in [-0.15, -0.1) is 0 Å². The Bertz CT molecular complexity index is 375. The van der Waals surface area contributed by atoms with E-state index in [0.29, 0.717) is 5.56 Å². The summed E-state index contributed by atoms with van der Waals surface area (Å²) in [6, 6.07) is 6.62. The first kappa shape index (κ1) is 11.7. The number of carbonyl (C=O) groups excluding carboxylic acids is 2. The third kappa shape index (κ3) is 3.36. The van der Waals surface area contributed by atoms with Crippen molar-refractivity contribution < 1.29 is 14.3 Å². The van der Waals surface area contributed by atoms with E-state index in [0.717, 1.165) is 4.47 Å². The quantitative estimate of drug-likeness (QED) is 0.847. The van der Waals surface area contributed by atoms with Crippen molar-refractivity contribution in [2.45, 2.75) is 13.0 Å². The minimum atomic E-state index is -0.916. The Morgan fingerprint density at radius 3 is 2.33 bits per heavy atom. The van der Waals surface area contributed by atoms with E-state index in [1.165, 1.54) is 6.92 Å². The highest BCUT2D eigenvalue weighted by Gasteiger charge is 2.15. The van der Waals surface area contributed by atoms with E-state index >= 15 is 0 Å². The molecule has 1 atom stereocenters. The summed E-state index contributed by atoms with van der Waals surface area (Å²) in [4.78, 5) is 22.1. The zero-order valence-corrected chi connectivity index (χ0v) is 9.65. The van der Waals surface area contributed by atoms with Gasteiger partial charge in [0.05, 0.1) is 5.56 Å². The van der Waals surface area contributed by atoms with Gasteiger partial charge in [0.2, 0.25) is 0 Å². The van der Waals surface area contributed by atoms with Crippen LogP contribution in [-0.4, -0.2) is 18.0 Å². The average molecular weight is 272 g/mol. The number of ether oxygens (including phenoxy) is 1. The standard InChI is InChI=1S/C10H10BrNO3/c1-6(9(12)13)15-10(14)7-2-4-8(11)5-3-7/h2-6H,1H3,(H2,12,13)/t6-/m1/s1. The molecule has 1 aromatic rings. The van der Waals surface area contributed by atoms with Crippen LogP contribution in [0.3, 0.4) is 0 Å². The van der Waals surface area contributed by atoms with Gasteiger partial charge in [-0.25, -0.2) is 4.79 Å². The third-order valence-electron chi connectivity index (χ3n) is 1.76. The lowest BCUT2D eigenvalue weighted by Crippen LogP contribution is -2.30. The second kappa shape index (κ2) is 4.93. The Kier molecular flexibility index (Phi) is 3.85. The number of nitrogens with two attached hydrogens (primary N) is 1. The zero-order chi connectivity index (χ0) is 11.4. The lowest BCUT2D eigenvalue weighted by atomic mass is 10.2. The van der Waals surface area contributed by atoms with Gasteiger partial charge in [-0.3, -0.25) is 4.79 Å². The summed E-state index contributed by atoms with van der Waals surface area (Å²) in [6.45, 7) is 1.43. The molecule has 0 aliphatic rings. The lowest BCUT2D eigenvalue weighted by Gasteiger charge is -2.09. The van der Waals surface area contributed by atoms with Gasteiger partial charge in [0.1, 0.15) is 0 Å². The number of carbonyl (C=O) groups is 2. The van der Waals surface area contributed by atoms with Crippen LogP contribution in [0.2, 0.25) is 0 Å². The number of halogens is 1. The first-order chi connectivity index (χ1) is 7.00. The molecule has 0 aliphatic carbocycles. The normalized spacial score (nSPS) is 11.9. The highest BCUT2D eigenvalue weighted by atomic mass is 79.9. The molecule has 0 aromatic heterocycles. The van der Waals surface area contributed by atoms with E-state index in [4.69, 9.17) is 10.5 Å². The molecule has 0 heterocycles. The summed E-state index contributed by atoms with van der Waals surface area (Å²) >= 11 is 3.24. The number of hydrogen-bond acceptors (Lipinski definition) is 3. The summed E-state index contributed by atoms with van der Waals surface area (Å²) < 4.78 is 5.67. The van der Waals surface area contributed by atoms with Crippen LogP contribution in [0.25, 0.3) is 0 Å². The smallest absolute Gasteiger partial charge is 0.338 e. The van der Waals surface area contributed by atoms with E-state index < -0.39 is 18.0 Å². The number of esters is 1. The maximum Gasteiger partial charge on any atom is 0.338 e. The molecule has 1 aromatic carbocycles. The van der Waals surface area contributed by atoms with Crippen molar-refractivity contribution >= 4 is 27.8 Å². The van der Waals surface area contributed by atoms with Crippen molar-refractivity contribution in [2.75, 3.05) is 0 Å². The zero-order valence-electron chi connectivity index (χ0n) is 8.07. The number of hydrogen-bond donors (Lipinski definition) is 1. The first-order valence-corrected chi connectivity index (χ1v) is 5.06. The van der Waals surface area contributed by atoms with Gasteiger partial charge in [-0.05, 0) is 31.2 Å². The molecule has 1 rings (SSSR count). The minimum Gasteiger partial charge on any atom is -0.449 e. The molecule has 0 saturated heterocycles. The van der Waals surface area contributed by atoms with Crippen molar-refractivity contribution in [3.63, 3.8) is 0 Å². The van der Waals surface area contributed by atoms with Crippen LogP contribution >= 0.6 is 15.9 Å². The van der Waals surface area contributed by atoms with Gasteiger partial charge in [0, 0.05) is 4.47 Å². The van der Waals surface area contributed by atoms with Crippen LogP contribution in [0.1, 0.15) is 17.3 Å². The van der Waals surface area contributed by atoms with Gasteiger partial charge >= 0.3 is 5.97 Å². The van der Waals surface area contributed by atoms with Gasteiger partial charge in [0.25, 0.3) is 5.91 Å². The van der Waals surface area contributed by atoms with Gasteiger partial charge in [0.15, 0.2) is 6.10 Å². The molecule has 0 unspecified atom stereocenters. The summed E-state index contributed by atoms with van der Waals surface area (Å²) in [5, 5.41) is 0. The highest BCUT2D eigenvalue weighted by molar-refractivity contribution is 9.10. The molecular formula is C10H10BrNO3. The van der Waals surface area contributed by atoms with Crippen molar-refractivity contribution in [3.05, 3.63) is 34.3 Å².